The number of nitrogens with zero attached hydrogens (tertiary/aromatic N) is 3. The lowest BCUT2D eigenvalue weighted by Crippen LogP contribution is -2.44. The zero-order valence-electron chi connectivity index (χ0n) is 14.7. The number of amides is 1. The number of aryl methyl sites for hydroxylation is 2. The molecule has 0 aliphatic carbocycles. The molecule has 0 unspecified atom stereocenters. The number of piperidine rings is 1. The molecule has 2 aromatic rings. The van der Waals surface area contributed by atoms with Crippen molar-refractivity contribution in [1.82, 2.24) is 14.7 Å². The molecule has 6 nitrogen and oxygen atoms in total. The average Bonchev–Trinajstić information content (AvgIpc) is 3.00. The van der Waals surface area contributed by atoms with E-state index in [2.05, 4.69) is 15.3 Å². The SMILES string of the molecule is Cn1cc(NC(=O)CN2CCCC[C@H]2CCc2ccc(O)cc2)cn1. The van der Waals surface area contributed by atoms with E-state index in [1.165, 1.54) is 12.0 Å². The molecular weight excluding hydrogens is 316 g/mol. The molecule has 3 rings (SSSR count). The van der Waals surface area contributed by atoms with Gasteiger partial charge in [-0.05, 0) is 49.9 Å². The van der Waals surface area contributed by atoms with Crippen molar-refractivity contribution >= 4 is 11.6 Å². The van der Waals surface area contributed by atoms with Crippen LogP contribution in [0.15, 0.2) is 36.7 Å². The lowest BCUT2D eigenvalue weighted by atomic mass is 9.96. The normalized spacial score (nSPS) is 18.2. The summed E-state index contributed by atoms with van der Waals surface area (Å²) in [5.74, 6) is 0.319. The molecule has 1 aliphatic rings. The molecule has 2 N–H and O–H groups in total. The number of aromatic hydroxyl groups is 1. The van der Waals surface area contributed by atoms with Crippen LogP contribution < -0.4 is 5.32 Å². The van der Waals surface area contributed by atoms with E-state index in [9.17, 15) is 9.90 Å². The van der Waals surface area contributed by atoms with Crippen LogP contribution in [0.3, 0.4) is 0 Å². The first-order valence-electron chi connectivity index (χ1n) is 8.90. The van der Waals surface area contributed by atoms with E-state index >= 15 is 0 Å². The van der Waals surface area contributed by atoms with Crippen molar-refractivity contribution in [2.24, 2.45) is 7.05 Å². The molecule has 134 valence electrons. The summed E-state index contributed by atoms with van der Waals surface area (Å²) in [6, 6.07) is 7.84. The summed E-state index contributed by atoms with van der Waals surface area (Å²) in [6.45, 7) is 1.40. The van der Waals surface area contributed by atoms with Crippen LogP contribution in [-0.4, -0.2) is 44.8 Å². The third-order valence-electron chi connectivity index (χ3n) is 4.79. The molecule has 1 aliphatic heterocycles. The average molecular weight is 342 g/mol. The predicted molar refractivity (Wildman–Crippen MR) is 97.5 cm³/mol. The second-order valence-electron chi connectivity index (χ2n) is 6.78. The van der Waals surface area contributed by atoms with Crippen LogP contribution in [0, 0.1) is 0 Å². The maximum atomic E-state index is 12.3. The summed E-state index contributed by atoms with van der Waals surface area (Å²) in [5, 5.41) is 16.4. The van der Waals surface area contributed by atoms with Gasteiger partial charge in [0, 0.05) is 19.3 Å². The standard InChI is InChI=1S/C19H26N4O2/c1-22-13-16(12-20-22)21-19(25)14-23-11-3-2-4-17(23)8-5-15-6-9-18(24)10-7-15/h6-7,9-10,12-13,17,24H,2-5,8,11,14H2,1H3,(H,21,25)/t17-/m0/s1. The zero-order valence-corrected chi connectivity index (χ0v) is 14.7. The van der Waals surface area contributed by atoms with Gasteiger partial charge in [0.2, 0.25) is 5.91 Å². The summed E-state index contributed by atoms with van der Waals surface area (Å²) in [4.78, 5) is 14.6. The number of hydrogen-bond acceptors (Lipinski definition) is 4. The molecule has 1 aromatic heterocycles. The second kappa shape index (κ2) is 8.16. The first kappa shape index (κ1) is 17.5. The largest absolute Gasteiger partial charge is 0.508 e. The Morgan fingerprint density at radius 3 is 2.84 bits per heavy atom. The van der Waals surface area contributed by atoms with Gasteiger partial charge in [-0.3, -0.25) is 14.4 Å². The van der Waals surface area contributed by atoms with Gasteiger partial charge in [-0.1, -0.05) is 18.6 Å². The monoisotopic (exact) mass is 342 g/mol. The number of aromatic nitrogens is 2. The van der Waals surface area contributed by atoms with E-state index < -0.39 is 0 Å². The first-order chi connectivity index (χ1) is 12.1. The van der Waals surface area contributed by atoms with Crippen LogP contribution in [0.5, 0.6) is 5.75 Å². The molecule has 0 spiro atoms. The Morgan fingerprint density at radius 1 is 1.32 bits per heavy atom. The quantitative estimate of drug-likeness (QED) is 0.846. The van der Waals surface area contributed by atoms with Crippen molar-refractivity contribution in [2.45, 2.75) is 38.1 Å². The number of carbonyl (C=O) groups excluding carboxylic acids is 1. The third-order valence-corrected chi connectivity index (χ3v) is 4.79. The maximum Gasteiger partial charge on any atom is 0.238 e. The van der Waals surface area contributed by atoms with Crippen molar-refractivity contribution in [1.29, 1.82) is 0 Å². The molecule has 1 atom stereocenters. The highest BCUT2D eigenvalue weighted by molar-refractivity contribution is 5.92. The van der Waals surface area contributed by atoms with Crippen molar-refractivity contribution in [2.75, 3.05) is 18.4 Å². The number of phenolic OH excluding ortho intramolecular Hbond substituents is 1. The van der Waals surface area contributed by atoms with Gasteiger partial charge in [-0.2, -0.15) is 5.10 Å². The van der Waals surface area contributed by atoms with Crippen molar-refractivity contribution in [3.8, 4) is 5.75 Å². The van der Waals surface area contributed by atoms with Gasteiger partial charge in [-0.15, -0.1) is 0 Å². The number of rotatable bonds is 6. The van der Waals surface area contributed by atoms with Gasteiger partial charge >= 0.3 is 0 Å². The molecule has 25 heavy (non-hydrogen) atoms. The highest BCUT2D eigenvalue weighted by Crippen LogP contribution is 2.22. The van der Waals surface area contributed by atoms with Gasteiger partial charge < -0.3 is 10.4 Å². The first-order valence-corrected chi connectivity index (χ1v) is 8.90. The summed E-state index contributed by atoms with van der Waals surface area (Å²) in [7, 11) is 1.83. The summed E-state index contributed by atoms with van der Waals surface area (Å²) in [5.41, 5.74) is 1.97. The molecule has 1 aromatic carbocycles. The van der Waals surface area contributed by atoms with Gasteiger partial charge in [0.25, 0.3) is 0 Å². The third kappa shape index (κ3) is 5.06. The number of hydrogen-bond donors (Lipinski definition) is 2. The molecule has 0 saturated carbocycles. The summed E-state index contributed by atoms with van der Waals surface area (Å²) < 4.78 is 1.68. The van der Waals surface area contributed by atoms with Crippen LogP contribution in [0.25, 0.3) is 0 Å². The smallest absolute Gasteiger partial charge is 0.238 e. The fourth-order valence-electron chi connectivity index (χ4n) is 3.46. The number of phenols is 1. The molecular formula is C19H26N4O2. The van der Waals surface area contributed by atoms with Crippen LogP contribution >= 0.6 is 0 Å². The van der Waals surface area contributed by atoms with Gasteiger partial charge in [-0.25, -0.2) is 0 Å². The summed E-state index contributed by atoms with van der Waals surface area (Å²) in [6.07, 6.45) is 8.97. The predicted octanol–water partition coefficient (Wildman–Crippen LogP) is 2.55. The highest BCUT2D eigenvalue weighted by Gasteiger charge is 2.24. The Kier molecular flexibility index (Phi) is 5.71. The molecule has 1 amide bonds. The Labute approximate surface area is 148 Å². The second-order valence-corrected chi connectivity index (χ2v) is 6.78. The number of carbonyl (C=O) groups is 1. The topological polar surface area (TPSA) is 70.4 Å². The van der Waals surface area contributed by atoms with E-state index in [0.29, 0.717) is 18.3 Å². The minimum atomic E-state index is 0.0181. The maximum absolute atomic E-state index is 12.3. The molecule has 2 heterocycles. The molecule has 0 radical (unpaired) electrons. The van der Waals surface area contributed by atoms with E-state index in [0.717, 1.165) is 37.9 Å². The van der Waals surface area contributed by atoms with Crippen molar-refractivity contribution in [3.63, 3.8) is 0 Å². The van der Waals surface area contributed by atoms with Crippen molar-refractivity contribution in [3.05, 3.63) is 42.2 Å². The van der Waals surface area contributed by atoms with Gasteiger partial charge in [0.15, 0.2) is 0 Å². The lowest BCUT2D eigenvalue weighted by molar-refractivity contribution is -0.118. The van der Waals surface area contributed by atoms with E-state index in [1.54, 1.807) is 29.2 Å². The number of likely N-dealkylation sites (tertiary alicyclic amines) is 1. The van der Waals surface area contributed by atoms with E-state index in [-0.39, 0.29) is 5.91 Å². The Bertz CT molecular complexity index is 696. The minimum Gasteiger partial charge on any atom is -0.508 e. The molecule has 1 saturated heterocycles. The van der Waals surface area contributed by atoms with E-state index in [4.69, 9.17) is 0 Å². The lowest BCUT2D eigenvalue weighted by Gasteiger charge is -2.35. The fourth-order valence-corrected chi connectivity index (χ4v) is 3.46. The van der Waals surface area contributed by atoms with Crippen LogP contribution in [0.4, 0.5) is 5.69 Å². The number of benzene rings is 1. The van der Waals surface area contributed by atoms with E-state index in [1.807, 2.05) is 19.2 Å². The van der Waals surface area contributed by atoms with Crippen molar-refractivity contribution < 1.29 is 9.90 Å². The number of anilines is 1. The Morgan fingerprint density at radius 2 is 2.12 bits per heavy atom. The van der Waals surface area contributed by atoms with Gasteiger partial charge in [0.1, 0.15) is 5.75 Å². The minimum absolute atomic E-state index is 0.0181. The summed E-state index contributed by atoms with van der Waals surface area (Å²) >= 11 is 0. The zero-order chi connectivity index (χ0) is 17.6. The Balaban J connectivity index is 1.53. The Hall–Kier alpha value is -2.34. The van der Waals surface area contributed by atoms with Crippen LogP contribution in [0.1, 0.15) is 31.2 Å². The molecule has 6 heteroatoms. The van der Waals surface area contributed by atoms with Crippen LogP contribution in [-0.2, 0) is 18.3 Å². The molecule has 1 fully saturated rings. The fraction of sp³-hybridized carbons (Fsp3) is 0.474. The van der Waals surface area contributed by atoms with Crippen LogP contribution in [0.2, 0.25) is 0 Å². The number of nitrogens with one attached hydrogen (secondary N) is 1. The highest BCUT2D eigenvalue weighted by atomic mass is 16.3. The van der Waals surface area contributed by atoms with Gasteiger partial charge in [0.05, 0.1) is 18.4 Å². The molecule has 0 bridgehead atoms.